The van der Waals surface area contributed by atoms with Crippen LogP contribution in [-0.2, 0) is 6.42 Å². The maximum Gasteiger partial charge on any atom is 0.123 e. The number of rotatable bonds is 7. The van der Waals surface area contributed by atoms with Crippen molar-refractivity contribution in [2.24, 2.45) is 11.8 Å². The monoisotopic (exact) mass is 354 g/mol. The summed E-state index contributed by atoms with van der Waals surface area (Å²) < 4.78 is 25.1. The maximum atomic E-state index is 13.0. The Labute approximate surface area is 156 Å². The van der Waals surface area contributed by atoms with E-state index in [2.05, 4.69) is 24.3 Å². The predicted octanol–water partition coefficient (Wildman–Crippen LogP) is 7.15. The highest BCUT2D eigenvalue weighted by Gasteiger charge is 2.20. The van der Waals surface area contributed by atoms with Gasteiger partial charge < -0.3 is 0 Å². The van der Waals surface area contributed by atoms with E-state index in [1.807, 2.05) is 18.2 Å². The molecule has 0 atom stereocenters. The Morgan fingerprint density at radius 2 is 1.35 bits per heavy atom. The van der Waals surface area contributed by atoms with Gasteiger partial charge in [0.1, 0.15) is 12.5 Å². The van der Waals surface area contributed by atoms with Gasteiger partial charge in [-0.2, -0.15) is 0 Å². The summed E-state index contributed by atoms with van der Waals surface area (Å²) in [6, 6.07) is 15.3. The quantitative estimate of drug-likeness (QED) is 0.463. The minimum atomic E-state index is -0.338. The first-order valence-corrected chi connectivity index (χ1v) is 9.80. The molecule has 0 bridgehead atoms. The number of alkyl halides is 1. The molecule has 2 heteroatoms. The summed E-state index contributed by atoms with van der Waals surface area (Å²) in [6.07, 6.45) is 12.2. The highest BCUT2D eigenvalue weighted by atomic mass is 19.1. The largest absolute Gasteiger partial charge is 0.247 e. The van der Waals surface area contributed by atoms with Gasteiger partial charge in [-0.25, -0.2) is 8.78 Å². The highest BCUT2D eigenvalue weighted by molar-refractivity contribution is 5.63. The van der Waals surface area contributed by atoms with Crippen molar-refractivity contribution in [1.29, 1.82) is 0 Å². The number of hydrogen-bond acceptors (Lipinski definition) is 0. The molecular formula is C24H28F2. The lowest BCUT2D eigenvalue weighted by molar-refractivity contribution is 0.265. The lowest BCUT2D eigenvalue weighted by Crippen LogP contribution is -2.14. The van der Waals surface area contributed by atoms with E-state index in [1.165, 1.54) is 49.8 Å². The molecule has 0 radical (unpaired) electrons. The molecule has 2 aromatic carbocycles. The van der Waals surface area contributed by atoms with Crippen molar-refractivity contribution in [1.82, 2.24) is 0 Å². The van der Waals surface area contributed by atoms with Crippen LogP contribution in [0.5, 0.6) is 0 Å². The second-order valence-electron chi connectivity index (χ2n) is 7.49. The Hall–Kier alpha value is -1.96. The maximum absolute atomic E-state index is 13.0. The minimum Gasteiger partial charge on any atom is -0.247 e. The topological polar surface area (TPSA) is 0 Å². The van der Waals surface area contributed by atoms with Crippen molar-refractivity contribution < 1.29 is 8.78 Å². The number of benzene rings is 2. The summed E-state index contributed by atoms with van der Waals surface area (Å²) >= 11 is 0. The smallest absolute Gasteiger partial charge is 0.123 e. The normalized spacial score (nSPS) is 20.5. The summed E-state index contributed by atoms with van der Waals surface area (Å²) in [4.78, 5) is 0. The van der Waals surface area contributed by atoms with Crippen LogP contribution in [0.3, 0.4) is 0 Å². The van der Waals surface area contributed by atoms with Gasteiger partial charge in [-0.15, -0.1) is 0 Å². The first-order valence-electron chi connectivity index (χ1n) is 9.80. The molecule has 26 heavy (non-hydrogen) atoms. The average molecular weight is 354 g/mol. The zero-order valence-corrected chi connectivity index (χ0v) is 15.3. The van der Waals surface area contributed by atoms with E-state index in [0.717, 1.165) is 35.8 Å². The Bertz CT molecular complexity index is 677. The zero-order valence-electron chi connectivity index (χ0n) is 15.3. The molecule has 1 aliphatic carbocycles. The number of halogens is 2. The summed E-state index contributed by atoms with van der Waals surface area (Å²) in [6.45, 7) is -0.338. The van der Waals surface area contributed by atoms with Gasteiger partial charge in [0.25, 0.3) is 0 Å². The van der Waals surface area contributed by atoms with Crippen molar-refractivity contribution in [2.75, 3.05) is 6.67 Å². The van der Waals surface area contributed by atoms with Gasteiger partial charge in [0.15, 0.2) is 0 Å². The van der Waals surface area contributed by atoms with Crippen LogP contribution in [0, 0.1) is 17.7 Å². The lowest BCUT2D eigenvalue weighted by Gasteiger charge is -2.28. The van der Waals surface area contributed by atoms with Crippen molar-refractivity contribution in [3.05, 3.63) is 72.1 Å². The van der Waals surface area contributed by atoms with Gasteiger partial charge in [-0.1, -0.05) is 61.4 Å². The van der Waals surface area contributed by atoms with Crippen LogP contribution in [0.2, 0.25) is 0 Å². The number of allylic oxidation sites excluding steroid dienone is 2. The summed E-state index contributed by atoms with van der Waals surface area (Å²) in [7, 11) is 0. The van der Waals surface area contributed by atoms with Crippen LogP contribution in [0.4, 0.5) is 8.78 Å². The number of hydrogen-bond donors (Lipinski definition) is 0. The molecule has 0 unspecified atom stereocenters. The Morgan fingerprint density at radius 3 is 1.96 bits per heavy atom. The van der Waals surface area contributed by atoms with E-state index in [-0.39, 0.29) is 12.5 Å². The third-order valence-corrected chi connectivity index (χ3v) is 5.66. The molecule has 0 heterocycles. The standard InChI is InChI=1S/C24H28F2/c25-18-2-1-3-19-4-6-20(7-5-19)8-9-21-10-12-22(13-11-21)23-14-16-24(26)17-15-23/h1-2,10-17,19-20H,3-9,18H2/b2-1+. The summed E-state index contributed by atoms with van der Waals surface area (Å²) in [5.74, 6) is 1.38. The van der Waals surface area contributed by atoms with Gasteiger partial charge in [-0.05, 0) is 72.8 Å². The zero-order chi connectivity index (χ0) is 18.2. The van der Waals surface area contributed by atoms with Gasteiger partial charge >= 0.3 is 0 Å². The van der Waals surface area contributed by atoms with Crippen LogP contribution < -0.4 is 0 Å². The molecule has 0 aromatic heterocycles. The Balaban J connectivity index is 1.44. The molecule has 0 nitrogen and oxygen atoms in total. The van der Waals surface area contributed by atoms with E-state index in [4.69, 9.17) is 0 Å². The first kappa shape index (κ1) is 18.8. The van der Waals surface area contributed by atoms with Crippen molar-refractivity contribution in [3.8, 4) is 11.1 Å². The molecule has 3 rings (SSSR count). The molecule has 1 fully saturated rings. The lowest BCUT2D eigenvalue weighted by atomic mass is 9.78. The van der Waals surface area contributed by atoms with Crippen LogP contribution in [0.1, 0.15) is 44.1 Å². The second kappa shape index (κ2) is 9.66. The van der Waals surface area contributed by atoms with E-state index in [0.29, 0.717) is 0 Å². The predicted molar refractivity (Wildman–Crippen MR) is 105 cm³/mol. The van der Waals surface area contributed by atoms with Gasteiger partial charge in [0, 0.05) is 0 Å². The first-order chi connectivity index (χ1) is 12.7. The van der Waals surface area contributed by atoms with Crippen LogP contribution >= 0.6 is 0 Å². The summed E-state index contributed by atoms with van der Waals surface area (Å²) in [5.41, 5.74) is 3.57. The Kier molecular flexibility index (Phi) is 6.99. The Morgan fingerprint density at radius 1 is 0.769 bits per heavy atom. The second-order valence-corrected chi connectivity index (χ2v) is 7.49. The van der Waals surface area contributed by atoms with E-state index < -0.39 is 0 Å². The minimum absolute atomic E-state index is 0.196. The SMILES string of the molecule is FC/C=C/CC1CCC(CCc2ccc(-c3ccc(F)cc3)cc2)CC1. The molecule has 0 amide bonds. The molecule has 1 aliphatic rings. The fourth-order valence-corrected chi connectivity index (χ4v) is 3.98. The molecule has 138 valence electrons. The third-order valence-electron chi connectivity index (χ3n) is 5.66. The highest BCUT2D eigenvalue weighted by Crippen LogP contribution is 2.33. The van der Waals surface area contributed by atoms with Gasteiger partial charge in [0.05, 0.1) is 0 Å². The molecule has 0 spiro atoms. The van der Waals surface area contributed by atoms with Crippen LogP contribution in [0.25, 0.3) is 11.1 Å². The van der Waals surface area contributed by atoms with Gasteiger partial charge in [-0.3, -0.25) is 0 Å². The molecular weight excluding hydrogens is 326 g/mol. The van der Waals surface area contributed by atoms with Crippen molar-refractivity contribution >= 4 is 0 Å². The molecule has 0 N–H and O–H groups in total. The number of aryl methyl sites for hydroxylation is 1. The van der Waals surface area contributed by atoms with Crippen LogP contribution in [0.15, 0.2) is 60.7 Å². The van der Waals surface area contributed by atoms with Gasteiger partial charge in [0.2, 0.25) is 0 Å². The third kappa shape index (κ3) is 5.52. The fourth-order valence-electron chi connectivity index (χ4n) is 3.98. The fraction of sp³-hybridized carbons (Fsp3) is 0.417. The van der Waals surface area contributed by atoms with E-state index in [9.17, 15) is 8.78 Å². The molecule has 1 saturated carbocycles. The van der Waals surface area contributed by atoms with Crippen LogP contribution in [-0.4, -0.2) is 6.67 Å². The average Bonchev–Trinajstić information content (AvgIpc) is 2.69. The molecule has 0 aliphatic heterocycles. The summed E-state index contributed by atoms with van der Waals surface area (Å²) in [5, 5.41) is 0. The van der Waals surface area contributed by atoms with Crippen molar-refractivity contribution in [3.63, 3.8) is 0 Å². The van der Waals surface area contributed by atoms with E-state index >= 15 is 0 Å². The molecule has 0 saturated heterocycles. The van der Waals surface area contributed by atoms with E-state index in [1.54, 1.807) is 6.08 Å². The van der Waals surface area contributed by atoms with Crippen molar-refractivity contribution in [2.45, 2.75) is 44.9 Å². The molecule has 2 aromatic rings.